The molecule has 0 saturated heterocycles. The summed E-state index contributed by atoms with van der Waals surface area (Å²) in [6, 6.07) is 7.24. The molecular weight excluding hydrogens is 236 g/mol. The number of aliphatic hydroxyl groups is 1. The van der Waals surface area contributed by atoms with Crippen LogP contribution in [-0.4, -0.2) is 34.7 Å². The number of hydrogen-bond acceptors (Lipinski definition) is 4. The number of rotatable bonds is 6. The molecule has 6 heteroatoms. The third kappa shape index (κ3) is 4.15. The van der Waals surface area contributed by atoms with Gasteiger partial charge >= 0.3 is 5.97 Å². The van der Waals surface area contributed by atoms with E-state index in [-0.39, 0.29) is 6.42 Å². The minimum atomic E-state index is -1.29. The number of carbonyl (C=O) groups is 2. The maximum absolute atomic E-state index is 11.5. The van der Waals surface area contributed by atoms with Crippen molar-refractivity contribution in [2.24, 2.45) is 5.73 Å². The summed E-state index contributed by atoms with van der Waals surface area (Å²) in [5.41, 5.74) is 6.61. The van der Waals surface area contributed by atoms with Crippen LogP contribution in [0.15, 0.2) is 30.3 Å². The molecule has 0 heterocycles. The van der Waals surface area contributed by atoms with Crippen molar-refractivity contribution < 1.29 is 19.8 Å². The lowest BCUT2D eigenvalue weighted by Gasteiger charge is -2.15. The van der Waals surface area contributed by atoms with Crippen molar-refractivity contribution in [1.82, 2.24) is 5.32 Å². The van der Waals surface area contributed by atoms with Crippen LogP contribution in [-0.2, 0) is 9.59 Å². The van der Waals surface area contributed by atoms with Gasteiger partial charge in [-0.05, 0) is 5.56 Å². The van der Waals surface area contributed by atoms with E-state index in [1.807, 2.05) is 6.07 Å². The molecule has 5 N–H and O–H groups in total. The fourth-order valence-corrected chi connectivity index (χ4v) is 1.46. The SMILES string of the molecule is NC(CC(=O)N[C@H](CO)C(=O)O)c1ccccc1. The van der Waals surface area contributed by atoms with E-state index in [0.717, 1.165) is 5.56 Å². The van der Waals surface area contributed by atoms with Crippen LogP contribution in [0.1, 0.15) is 18.0 Å². The highest BCUT2D eigenvalue weighted by molar-refractivity contribution is 5.84. The molecule has 0 aliphatic rings. The molecular formula is C12H16N2O4. The van der Waals surface area contributed by atoms with Gasteiger partial charge in [-0.15, -0.1) is 0 Å². The Kier molecular flexibility index (Phi) is 5.29. The molecule has 1 aromatic rings. The summed E-state index contributed by atoms with van der Waals surface area (Å²) in [4.78, 5) is 22.2. The second-order valence-corrected chi connectivity index (χ2v) is 3.86. The Labute approximate surface area is 104 Å². The van der Waals surface area contributed by atoms with Gasteiger partial charge in [0.05, 0.1) is 6.61 Å². The van der Waals surface area contributed by atoms with E-state index >= 15 is 0 Å². The van der Waals surface area contributed by atoms with Crippen LogP contribution >= 0.6 is 0 Å². The summed E-state index contributed by atoms with van der Waals surface area (Å²) in [5, 5.41) is 19.6. The highest BCUT2D eigenvalue weighted by Gasteiger charge is 2.20. The molecule has 0 bridgehead atoms. The number of aliphatic hydroxyl groups excluding tert-OH is 1. The van der Waals surface area contributed by atoms with Crippen molar-refractivity contribution >= 4 is 11.9 Å². The summed E-state index contributed by atoms with van der Waals surface area (Å²) < 4.78 is 0. The van der Waals surface area contributed by atoms with Gasteiger partial charge in [0.1, 0.15) is 6.04 Å². The Bertz CT molecular complexity index is 408. The molecule has 1 aromatic carbocycles. The number of benzene rings is 1. The van der Waals surface area contributed by atoms with Gasteiger partial charge in [0, 0.05) is 12.5 Å². The van der Waals surface area contributed by atoms with Gasteiger partial charge in [-0.3, -0.25) is 4.79 Å². The monoisotopic (exact) mass is 252 g/mol. The Morgan fingerprint density at radius 3 is 2.39 bits per heavy atom. The number of nitrogens with two attached hydrogens (primary N) is 1. The molecule has 0 aromatic heterocycles. The summed E-state index contributed by atoms with van der Waals surface area (Å²) in [5.74, 6) is -1.79. The molecule has 0 spiro atoms. The van der Waals surface area contributed by atoms with Crippen LogP contribution in [0.25, 0.3) is 0 Å². The molecule has 2 atom stereocenters. The van der Waals surface area contributed by atoms with Gasteiger partial charge < -0.3 is 21.3 Å². The van der Waals surface area contributed by atoms with E-state index in [1.165, 1.54) is 0 Å². The first-order valence-corrected chi connectivity index (χ1v) is 5.48. The van der Waals surface area contributed by atoms with Gasteiger partial charge in [-0.25, -0.2) is 4.79 Å². The normalized spacial score (nSPS) is 13.7. The van der Waals surface area contributed by atoms with Crippen LogP contribution in [0.4, 0.5) is 0 Å². The van der Waals surface area contributed by atoms with Crippen molar-refractivity contribution in [2.75, 3.05) is 6.61 Å². The maximum atomic E-state index is 11.5. The number of nitrogens with one attached hydrogen (secondary N) is 1. The van der Waals surface area contributed by atoms with Crippen LogP contribution in [0.3, 0.4) is 0 Å². The smallest absolute Gasteiger partial charge is 0.328 e. The van der Waals surface area contributed by atoms with Crippen LogP contribution in [0.2, 0.25) is 0 Å². The third-order valence-electron chi connectivity index (χ3n) is 2.45. The standard InChI is InChI=1S/C12H16N2O4/c13-9(8-4-2-1-3-5-8)6-11(16)14-10(7-15)12(17)18/h1-5,9-10,15H,6-7,13H2,(H,14,16)(H,17,18)/t9?,10-/m1/s1. The van der Waals surface area contributed by atoms with E-state index in [4.69, 9.17) is 15.9 Å². The molecule has 18 heavy (non-hydrogen) atoms. The minimum Gasteiger partial charge on any atom is -0.480 e. The van der Waals surface area contributed by atoms with E-state index in [1.54, 1.807) is 24.3 Å². The largest absolute Gasteiger partial charge is 0.480 e. The molecule has 1 rings (SSSR count). The number of carbonyl (C=O) groups excluding carboxylic acids is 1. The summed E-state index contributed by atoms with van der Waals surface area (Å²) >= 11 is 0. The molecule has 0 radical (unpaired) electrons. The van der Waals surface area contributed by atoms with E-state index in [0.29, 0.717) is 0 Å². The van der Waals surface area contributed by atoms with Crippen molar-refractivity contribution in [3.05, 3.63) is 35.9 Å². The third-order valence-corrected chi connectivity index (χ3v) is 2.45. The fourth-order valence-electron chi connectivity index (χ4n) is 1.46. The molecule has 98 valence electrons. The molecule has 0 aliphatic heterocycles. The summed E-state index contributed by atoms with van der Waals surface area (Å²) in [6.07, 6.45) is -0.0339. The molecule has 0 saturated carbocycles. The summed E-state index contributed by atoms with van der Waals surface area (Å²) in [7, 11) is 0. The highest BCUT2D eigenvalue weighted by Crippen LogP contribution is 2.12. The van der Waals surface area contributed by atoms with Crippen molar-refractivity contribution in [1.29, 1.82) is 0 Å². The van der Waals surface area contributed by atoms with E-state index < -0.39 is 30.6 Å². The zero-order valence-electron chi connectivity index (χ0n) is 9.74. The fraction of sp³-hybridized carbons (Fsp3) is 0.333. The Morgan fingerprint density at radius 2 is 1.89 bits per heavy atom. The van der Waals surface area contributed by atoms with Gasteiger partial charge in [0.2, 0.25) is 5.91 Å². The lowest BCUT2D eigenvalue weighted by atomic mass is 10.0. The lowest BCUT2D eigenvalue weighted by Crippen LogP contribution is -2.44. The zero-order valence-corrected chi connectivity index (χ0v) is 9.74. The number of amides is 1. The predicted molar refractivity (Wildman–Crippen MR) is 64.6 cm³/mol. The highest BCUT2D eigenvalue weighted by atomic mass is 16.4. The van der Waals surface area contributed by atoms with Gasteiger partial charge in [0.15, 0.2) is 0 Å². The second kappa shape index (κ2) is 6.73. The van der Waals surface area contributed by atoms with Crippen molar-refractivity contribution in [3.8, 4) is 0 Å². The Hall–Kier alpha value is -1.92. The predicted octanol–water partition coefficient (Wildman–Crippen LogP) is -0.362. The summed E-state index contributed by atoms with van der Waals surface area (Å²) in [6.45, 7) is -0.651. The molecule has 1 unspecified atom stereocenters. The van der Waals surface area contributed by atoms with Gasteiger partial charge in [0.25, 0.3) is 0 Å². The number of carboxylic acid groups (broad SMARTS) is 1. The van der Waals surface area contributed by atoms with E-state index in [2.05, 4.69) is 5.32 Å². The maximum Gasteiger partial charge on any atom is 0.328 e. The molecule has 0 aliphatic carbocycles. The molecule has 0 fully saturated rings. The van der Waals surface area contributed by atoms with Gasteiger partial charge in [-0.1, -0.05) is 30.3 Å². The van der Waals surface area contributed by atoms with E-state index in [9.17, 15) is 9.59 Å². The topological polar surface area (TPSA) is 113 Å². The minimum absolute atomic E-state index is 0.0339. The first-order chi connectivity index (χ1) is 8.54. The van der Waals surface area contributed by atoms with Crippen molar-refractivity contribution in [2.45, 2.75) is 18.5 Å². The van der Waals surface area contributed by atoms with Gasteiger partial charge in [-0.2, -0.15) is 0 Å². The van der Waals surface area contributed by atoms with Crippen LogP contribution in [0, 0.1) is 0 Å². The second-order valence-electron chi connectivity index (χ2n) is 3.86. The Morgan fingerprint density at radius 1 is 1.28 bits per heavy atom. The van der Waals surface area contributed by atoms with Crippen LogP contribution in [0.5, 0.6) is 0 Å². The first-order valence-electron chi connectivity index (χ1n) is 5.48. The van der Waals surface area contributed by atoms with Crippen molar-refractivity contribution in [3.63, 3.8) is 0 Å². The number of hydrogen-bond donors (Lipinski definition) is 4. The Balaban J connectivity index is 2.52. The van der Waals surface area contributed by atoms with Crippen LogP contribution < -0.4 is 11.1 Å². The average molecular weight is 252 g/mol. The number of carboxylic acids is 1. The average Bonchev–Trinajstić information content (AvgIpc) is 2.36. The zero-order chi connectivity index (χ0) is 13.5. The number of aliphatic carboxylic acids is 1. The molecule has 1 amide bonds. The quantitative estimate of drug-likeness (QED) is 0.552. The lowest BCUT2D eigenvalue weighted by molar-refractivity contribution is -0.143. The molecule has 6 nitrogen and oxygen atoms in total. The first kappa shape index (κ1) is 14.1.